The van der Waals surface area contributed by atoms with E-state index in [0.717, 1.165) is 23.8 Å². The van der Waals surface area contributed by atoms with E-state index in [1.165, 1.54) is 11.6 Å². The summed E-state index contributed by atoms with van der Waals surface area (Å²) in [6.45, 7) is 0. The van der Waals surface area contributed by atoms with Crippen LogP contribution in [0.1, 0.15) is 41.6 Å². The van der Waals surface area contributed by atoms with E-state index in [2.05, 4.69) is 15.3 Å². The summed E-state index contributed by atoms with van der Waals surface area (Å²) in [6, 6.07) is 14.7. The zero-order valence-corrected chi connectivity index (χ0v) is 18.8. The number of aromatic nitrogens is 1. The number of fused-ring (bicyclic) bond motifs is 1. The predicted molar refractivity (Wildman–Crippen MR) is 131 cm³/mol. The van der Waals surface area contributed by atoms with E-state index in [9.17, 15) is 14.4 Å². The van der Waals surface area contributed by atoms with Gasteiger partial charge in [0.1, 0.15) is 0 Å². The lowest BCUT2D eigenvalue weighted by Crippen LogP contribution is -2.42. The Kier molecular flexibility index (Phi) is 7.15. The van der Waals surface area contributed by atoms with Gasteiger partial charge in [0.15, 0.2) is 5.78 Å². The van der Waals surface area contributed by atoms with Gasteiger partial charge < -0.3 is 10.3 Å². The number of aliphatic imine (C=N–C) groups is 1. The number of halogens is 1. The van der Waals surface area contributed by atoms with Crippen molar-refractivity contribution in [1.29, 1.82) is 0 Å². The molecular formula is C26H24ClN3O3. The molecule has 1 unspecified atom stereocenters. The highest BCUT2D eigenvalue weighted by atomic mass is 35.5. The first-order chi connectivity index (χ1) is 16.0. The van der Waals surface area contributed by atoms with Gasteiger partial charge in [-0.05, 0) is 54.3 Å². The van der Waals surface area contributed by atoms with Crippen LogP contribution >= 0.6 is 11.6 Å². The Morgan fingerprint density at radius 2 is 1.91 bits per heavy atom. The summed E-state index contributed by atoms with van der Waals surface area (Å²) in [5.74, 6) is -0.424. The molecule has 33 heavy (non-hydrogen) atoms. The maximum absolute atomic E-state index is 13.2. The lowest BCUT2D eigenvalue weighted by Gasteiger charge is -2.19. The molecule has 4 rings (SSSR count). The van der Waals surface area contributed by atoms with Gasteiger partial charge in [0.25, 0.3) is 5.91 Å². The Bertz CT molecular complexity index is 1290. The monoisotopic (exact) mass is 461 g/mol. The molecule has 1 aromatic heterocycles. The van der Waals surface area contributed by atoms with Gasteiger partial charge >= 0.3 is 0 Å². The molecule has 0 spiro atoms. The van der Waals surface area contributed by atoms with Crippen molar-refractivity contribution in [2.75, 3.05) is 0 Å². The first-order valence-corrected chi connectivity index (χ1v) is 11.3. The molecule has 6 nitrogen and oxygen atoms in total. The van der Waals surface area contributed by atoms with Crippen molar-refractivity contribution >= 4 is 40.4 Å². The number of hydrogen-bond donors (Lipinski definition) is 2. The molecule has 1 aliphatic rings. The third-order valence-electron chi connectivity index (χ3n) is 5.70. The molecule has 2 aromatic carbocycles. The number of rotatable bonds is 9. The van der Waals surface area contributed by atoms with Crippen LogP contribution in [0.5, 0.6) is 0 Å². The number of nitrogens with zero attached hydrogens (tertiary/aromatic N) is 1. The lowest BCUT2D eigenvalue weighted by molar-refractivity contribution is -0.121. The quantitative estimate of drug-likeness (QED) is 0.487. The summed E-state index contributed by atoms with van der Waals surface area (Å²) in [7, 11) is 0. The van der Waals surface area contributed by atoms with E-state index in [1.807, 2.05) is 36.7 Å². The first-order valence-electron chi connectivity index (χ1n) is 10.9. The minimum absolute atomic E-state index is 0.0683. The molecular weight excluding hydrogens is 438 g/mol. The number of carbonyl (C=O) groups is 2. The number of amides is 1. The normalized spacial score (nSPS) is 13.7. The first kappa shape index (κ1) is 22.7. The van der Waals surface area contributed by atoms with E-state index in [4.69, 9.17) is 11.6 Å². The minimum Gasteiger partial charge on any atom is -0.342 e. The predicted octanol–water partition coefficient (Wildman–Crippen LogP) is 4.62. The average Bonchev–Trinajstić information content (AvgIpc) is 3.32. The molecule has 7 heteroatoms. The third-order valence-corrected chi connectivity index (χ3v) is 5.95. The van der Waals surface area contributed by atoms with Crippen molar-refractivity contribution in [3.63, 3.8) is 0 Å². The molecule has 0 fully saturated rings. The van der Waals surface area contributed by atoms with Gasteiger partial charge in [0.05, 0.1) is 6.04 Å². The third kappa shape index (κ3) is 5.84. The van der Waals surface area contributed by atoms with Crippen LogP contribution in [-0.4, -0.2) is 28.9 Å². The smallest absolute Gasteiger partial charge is 0.251 e. The minimum atomic E-state index is -0.757. The zero-order valence-electron chi connectivity index (χ0n) is 18.0. The number of allylic oxidation sites excluding steroid dienone is 1. The van der Waals surface area contributed by atoms with Gasteiger partial charge in [-0.15, -0.1) is 0 Å². The van der Waals surface area contributed by atoms with Crippen LogP contribution in [0, 0.1) is 0 Å². The summed E-state index contributed by atoms with van der Waals surface area (Å²) >= 11 is 5.93. The van der Waals surface area contributed by atoms with Crippen LogP contribution in [0.3, 0.4) is 0 Å². The highest BCUT2D eigenvalue weighted by Crippen LogP contribution is 2.19. The topological polar surface area (TPSA) is 91.4 Å². The molecule has 2 N–H and O–H groups in total. The highest BCUT2D eigenvalue weighted by molar-refractivity contribution is 6.30. The van der Waals surface area contributed by atoms with Crippen molar-refractivity contribution in [2.24, 2.45) is 4.99 Å². The van der Waals surface area contributed by atoms with Crippen molar-refractivity contribution in [2.45, 2.75) is 38.1 Å². The summed E-state index contributed by atoms with van der Waals surface area (Å²) in [5, 5.41) is 4.26. The Morgan fingerprint density at radius 3 is 2.67 bits per heavy atom. The second-order valence-electron chi connectivity index (χ2n) is 8.08. The van der Waals surface area contributed by atoms with Gasteiger partial charge in [-0.3, -0.25) is 19.4 Å². The number of para-hydroxylation sites is 1. The van der Waals surface area contributed by atoms with Gasteiger partial charge in [-0.25, -0.2) is 0 Å². The highest BCUT2D eigenvalue weighted by Gasteiger charge is 2.23. The number of Topliss-reactive ketones (excluding diaryl/α,β-unsaturated/α-hetero) is 1. The molecule has 2 heterocycles. The number of H-pyrrole nitrogens is 1. The Hall–Kier alpha value is -3.51. The molecule has 1 aliphatic heterocycles. The second-order valence-corrected chi connectivity index (χ2v) is 8.52. The molecule has 0 bridgehead atoms. The number of ketones is 1. The largest absolute Gasteiger partial charge is 0.342 e. The maximum atomic E-state index is 13.2. The fraction of sp³-hybridized carbons (Fsp3) is 0.231. The van der Waals surface area contributed by atoms with Gasteiger partial charge in [-0.1, -0.05) is 29.8 Å². The molecule has 0 radical (unpaired) electrons. The number of nitrogens with one attached hydrogen (secondary N) is 2. The molecule has 0 saturated heterocycles. The standard InChI is InChI=1S/C26H24ClN3O3/c27-20-10-8-18(9-11-20)26(33)30-23(24(31)7-3-4-17-12-13-28-16-17)14-19-15-25(32)29-22-6-2-1-5-21(19)22/h1-2,5-6,8-11,13,15-16,23H,3-4,7,12,14H2,(H,29,32)(H,30,33). The van der Waals surface area contributed by atoms with E-state index in [-0.39, 0.29) is 23.7 Å². The molecule has 1 amide bonds. The van der Waals surface area contributed by atoms with Gasteiger partial charge in [0, 0.05) is 59.2 Å². The van der Waals surface area contributed by atoms with Crippen LogP contribution < -0.4 is 10.9 Å². The summed E-state index contributed by atoms with van der Waals surface area (Å²) in [4.78, 5) is 45.2. The lowest BCUT2D eigenvalue weighted by atomic mass is 9.95. The van der Waals surface area contributed by atoms with E-state index < -0.39 is 6.04 Å². The van der Waals surface area contributed by atoms with Crippen LogP contribution in [0.25, 0.3) is 10.9 Å². The maximum Gasteiger partial charge on any atom is 0.251 e. The Morgan fingerprint density at radius 1 is 1.12 bits per heavy atom. The number of pyridine rings is 1. The number of aromatic amines is 1. The number of benzene rings is 2. The van der Waals surface area contributed by atoms with Crippen LogP contribution in [0.2, 0.25) is 5.02 Å². The van der Waals surface area contributed by atoms with Gasteiger partial charge in [-0.2, -0.15) is 0 Å². The number of carbonyl (C=O) groups excluding carboxylic acids is 2. The zero-order chi connectivity index (χ0) is 23.2. The van der Waals surface area contributed by atoms with Crippen molar-refractivity contribution < 1.29 is 9.59 Å². The fourth-order valence-corrected chi connectivity index (χ4v) is 4.09. The Balaban J connectivity index is 1.55. The molecule has 0 saturated carbocycles. The van der Waals surface area contributed by atoms with E-state index in [0.29, 0.717) is 28.9 Å². The Labute approximate surface area is 196 Å². The summed E-state index contributed by atoms with van der Waals surface area (Å²) < 4.78 is 0. The SMILES string of the molecule is O=C(NC(Cc1cc(=O)[nH]c2ccccc12)C(=O)CCCC1=CN=CC1)c1ccc(Cl)cc1. The molecule has 1 atom stereocenters. The molecule has 168 valence electrons. The fourth-order valence-electron chi connectivity index (χ4n) is 3.97. The van der Waals surface area contributed by atoms with Crippen molar-refractivity contribution in [3.05, 3.63) is 92.9 Å². The summed E-state index contributed by atoms with van der Waals surface area (Å²) in [6.07, 6.45) is 6.54. The van der Waals surface area contributed by atoms with E-state index in [1.54, 1.807) is 24.3 Å². The van der Waals surface area contributed by atoms with Crippen LogP contribution in [0.15, 0.2) is 76.2 Å². The number of hydrogen-bond acceptors (Lipinski definition) is 4. The molecule has 0 aliphatic carbocycles. The van der Waals surface area contributed by atoms with Gasteiger partial charge in [0.2, 0.25) is 5.56 Å². The average molecular weight is 462 g/mol. The van der Waals surface area contributed by atoms with Crippen LogP contribution in [-0.2, 0) is 11.2 Å². The summed E-state index contributed by atoms with van der Waals surface area (Å²) in [5.41, 5.74) is 2.79. The second kappa shape index (κ2) is 10.4. The molecule has 3 aromatic rings. The van der Waals surface area contributed by atoms with E-state index >= 15 is 0 Å². The van der Waals surface area contributed by atoms with Crippen LogP contribution in [0.4, 0.5) is 0 Å². The van der Waals surface area contributed by atoms with Crippen molar-refractivity contribution in [1.82, 2.24) is 10.3 Å². The van der Waals surface area contributed by atoms with Crippen molar-refractivity contribution in [3.8, 4) is 0 Å².